The van der Waals surface area contributed by atoms with Crippen molar-refractivity contribution in [1.82, 2.24) is 34.6 Å². The molecule has 210 valence electrons. The maximum atomic E-state index is 12.5. The van der Waals surface area contributed by atoms with E-state index in [4.69, 9.17) is 15.2 Å². The third-order valence-electron chi connectivity index (χ3n) is 7.04. The predicted octanol–water partition coefficient (Wildman–Crippen LogP) is -0.664. The van der Waals surface area contributed by atoms with E-state index in [1.54, 1.807) is 16.4 Å². The molecule has 4 rings (SSSR count). The highest BCUT2D eigenvalue weighted by Crippen LogP contribution is 2.24. The Kier molecular flexibility index (Phi) is 9.31. The van der Waals surface area contributed by atoms with Gasteiger partial charge in [-0.3, -0.25) is 9.36 Å². The SMILES string of the molecule is CCNC(=O)[C@@H](OCn1cnc2c(N)nc(CC3CCN(C(=O)OC4CCN(C)C4)CC3)nc21)C(O)CO. The highest BCUT2D eigenvalue weighted by Gasteiger charge is 2.30. The maximum Gasteiger partial charge on any atom is 0.410 e. The molecule has 0 aromatic carbocycles. The monoisotopic (exact) mass is 534 g/mol. The first-order valence-electron chi connectivity index (χ1n) is 13.1. The van der Waals surface area contributed by atoms with Crippen LogP contribution < -0.4 is 11.1 Å². The number of likely N-dealkylation sites (N-methyl/N-ethyl adjacent to an activating group) is 2. The molecule has 0 spiro atoms. The standard InChI is InChI=1S/C24H38N8O6/c1-3-26-23(35)20(17(34)12-33)37-14-32-13-27-19-21(25)28-18(29-22(19)32)10-15-4-8-31(9-5-15)24(36)38-16-6-7-30(2)11-16/h13,15-17,20,33-34H,3-12,14H2,1-2H3,(H,26,35)(H2,25,28,29)/t16?,17?,20-/m0/s1. The summed E-state index contributed by atoms with van der Waals surface area (Å²) in [6.45, 7) is 4.29. The van der Waals surface area contributed by atoms with Crippen LogP contribution in [0.2, 0.25) is 0 Å². The van der Waals surface area contributed by atoms with Crippen molar-refractivity contribution in [2.24, 2.45) is 5.92 Å². The second-order valence-electron chi connectivity index (χ2n) is 9.96. The van der Waals surface area contributed by atoms with Crippen LogP contribution in [0.15, 0.2) is 6.33 Å². The number of aliphatic hydroxyl groups is 2. The van der Waals surface area contributed by atoms with Crippen LogP contribution >= 0.6 is 0 Å². The first kappa shape index (κ1) is 28.0. The van der Waals surface area contributed by atoms with Gasteiger partial charge in [-0.15, -0.1) is 0 Å². The third kappa shape index (κ3) is 6.67. The zero-order chi connectivity index (χ0) is 27.2. The molecular weight excluding hydrogens is 496 g/mol. The molecule has 0 aliphatic carbocycles. The summed E-state index contributed by atoms with van der Waals surface area (Å²) in [5, 5.41) is 21.9. The Bertz CT molecular complexity index is 1110. The van der Waals surface area contributed by atoms with Crippen molar-refractivity contribution in [1.29, 1.82) is 0 Å². The van der Waals surface area contributed by atoms with E-state index < -0.39 is 24.7 Å². The topological polar surface area (TPSA) is 181 Å². The lowest BCUT2D eigenvalue weighted by atomic mass is 9.93. The number of rotatable bonds is 10. The van der Waals surface area contributed by atoms with Gasteiger partial charge in [0.05, 0.1) is 12.9 Å². The number of hydrogen-bond acceptors (Lipinski definition) is 11. The molecule has 0 radical (unpaired) electrons. The van der Waals surface area contributed by atoms with E-state index in [1.165, 1.54) is 6.33 Å². The second kappa shape index (κ2) is 12.7. The number of amides is 2. The molecule has 2 aliphatic rings. The molecule has 14 nitrogen and oxygen atoms in total. The minimum Gasteiger partial charge on any atom is -0.445 e. The summed E-state index contributed by atoms with van der Waals surface area (Å²) < 4.78 is 12.9. The number of fused-ring (bicyclic) bond motifs is 1. The van der Waals surface area contributed by atoms with E-state index >= 15 is 0 Å². The van der Waals surface area contributed by atoms with Gasteiger partial charge in [-0.05, 0) is 39.2 Å². The minimum atomic E-state index is -1.38. The third-order valence-corrected chi connectivity index (χ3v) is 7.04. The number of carbonyl (C=O) groups excluding carboxylic acids is 2. The van der Waals surface area contributed by atoms with Crippen LogP contribution in [0.5, 0.6) is 0 Å². The van der Waals surface area contributed by atoms with Gasteiger partial charge in [0.25, 0.3) is 5.91 Å². The summed E-state index contributed by atoms with van der Waals surface area (Å²) >= 11 is 0. The summed E-state index contributed by atoms with van der Waals surface area (Å²) in [6, 6.07) is 0. The molecule has 2 aromatic rings. The number of anilines is 1. The Morgan fingerprint density at radius 3 is 2.66 bits per heavy atom. The largest absolute Gasteiger partial charge is 0.445 e. The van der Waals surface area contributed by atoms with Gasteiger partial charge in [-0.1, -0.05) is 0 Å². The molecule has 2 aromatic heterocycles. The maximum absolute atomic E-state index is 12.5. The van der Waals surface area contributed by atoms with Crippen LogP contribution in [0, 0.1) is 5.92 Å². The molecule has 3 atom stereocenters. The summed E-state index contributed by atoms with van der Waals surface area (Å²) in [5.74, 6) is 0.548. The molecule has 2 unspecified atom stereocenters. The molecule has 0 bridgehead atoms. The van der Waals surface area contributed by atoms with E-state index in [1.807, 2.05) is 7.05 Å². The van der Waals surface area contributed by atoms with Crippen LogP contribution in [-0.2, 0) is 27.4 Å². The first-order valence-corrected chi connectivity index (χ1v) is 13.1. The van der Waals surface area contributed by atoms with Crippen LogP contribution in [0.25, 0.3) is 11.2 Å². The number of piperidine rings is 1. The Morgan fingerprint density at radius 2 is 2.00 bits per heavy atom. The summed E-state index contributed by atoms with van der Waals surface area (Å²) in [6.07, 6.45) is 1.62. The first-order chi connectivity index (χ1) is 18.3. The van der Waals surface area contributed by atoms with Crippen molar-refractivity contribution in [2.75, 3.05) is 52.1 Å². The van der Waals surface area contributed by atoms with Crippen molar-refractivity contribution in [3.63, 3.8) is 0 Å². The molecule has 0 saturated carbocycles. The van der Waals surface area contributed by atoms with Gasteiger partial charge in [0.15, 0.2) is 17.6 Å². The fourth-order valence-corrected chi connectivity index (χ4v) is 4.88. The molecule has 2 aliphatic heterocycles. The van der Waals surface area contributed by atoms with Crippen LogP contribution in [-0.4, -0.2) is 116 Å². The average molecular weight is 535 g/mol. The van der Waals surface area contributed by atoms with E-state index in [9.17, 15) is 19.8 Å². The van der Waals surface area contributed by atoms with Gasteiger partial charge in [-0.2, -0.15) is 0 Å². The molecule has 2 amide bonds. The normalized spacial score (nSPS) is 20.5. The van der Waals surface area contributed by atoms with Gasteiger partial charge in [0, 0.05) is 39.1 Å². The van der Waals surface area contributed by atoms with Crippen molar-refractivity contribution >= 4 is 29.0 Å². The Balaban J connectivity index is 1.36. The van der Waals surface area contributed by atoms with Crippen molar-refractivity contribution < 1.29 is 29.3 Å². The van der Waals surface area contributed by atoms with E-state index in [-0.39, 0.29) is 30.7 Å². The molecular formula is C24H38N8O6. The van der Waals surface area contributed by atoms with Crippen molar-refractivity contribution in [2.45, 2.75) is 57.6 Å². The molecule has 14 heteroatoms. The lowest BCUT2D eigenvalue weighted by molar-refractivity contribution is -0.147. The number of aromatic nitrogens is 4. The number of aliphatic hydroxyl groups excluding tert-OH is 2. The van der Waals surface area contributed by atoms with Gasteiger partial charge in [0.2, 0.25) is 0 Å². The number of nitrogens with one attached hydrogen (secondary N) is 1. The number of nitrogens with two attached hydrogens (primary N) is 1. The number of ether oxygens (including phenoxy) is 2. The summed E-state index contributed by atoms with van der Waals surface area (Å²) in [4.78, 5) is 42.1. The second-order valence-corrected chi connectivity index (χ2v) is 9.96. The molecule has 2 saturated heterocycles. The van der Waals surface area contributed by atoms with Crippen LogP contribution in [0.3, 0.4) is 0 Å². The van der Waals surface area contributed by atoms with Gasteiger partial charge in [-0.25, -0.2) is 19.7 Å². The molecule has 38 heavy (non-hydrogen) atoms. The number of likely N-dealkylation sites (tertiary alicyclic amines) is 2. The highest BCUT2D eigenvalue weighted by atomic mass is 16.6. The number of imidazole rings is 1. The van der Waals surface area contributed by atoms with Gasteiger partial charge < -0.3 is 40.5 Å². The lowest BCUT2D eigenvalue weighted by Crippen LogP contribution is -2.45. The Labute approximate surface area is 221 Å². The predicted molar refractivity (Wildman–Crippen MR) is 137 cm³/mol. The van der Waals surface area contributed by atoms with E-state index in [2.05, 4.69) is 25.2 Å². The number of hydrogen-bond donors (Lipinski definition) is 4. The van der Waals surface area contributed by atoms with Crippen molar-refractivity contribution in [3.05, 3.63) is 12.2 Å². The quantitative estimate of drug-likeness (QED) is 0.304. The molecule has 4 heterocycles. The molecule has 5 N–H and O–H groups in total. The van der Waals surface area contributed by atoms with Crippen LogP contribution in [0.1, 0.15) is 32.0 Å². The van der Waals surface area contributed by atoms with Gasteiger partial charge in [0.1, 0.15) is 30.3 Å². The minimum absolute atomic E-state index is 0.0367. The number of nitrogens with zero attached hydrogens (tertiary/aromatic N) is 6. The smallest absolute Gasteiger partial charge is 0.410 e. The average Bonchev–Trinajstić information content (AvgIpc) is 3.50. The Morgan fingerprint density at radius 1 is 1.24 bits per heavy atom. The number of nitrogen functional groups attached to an aromatic ring is 1. The number of carbonyl (C=O) groups is 2. The van der Waals surface area contributed by atoms with Gasteiger partial charge >= 0.3 is 6.09 Å². The van der Waals surface area contributed by atoms with E-state index in [0.717, 1.165) is 32.4 Å². The Hall–Kier alpha value is -3.07. The zero-order valence-electron chi connectivity index (χ0n) is 22.0. The fraction of sp³-hybridized carbons (Fsp3) is 0.708. The molecule has 2 fully saturated rings. The van der Waals surface area contributed by atoms with E-state index in [0.29, 0.717) is 43.0 Å². The fourth-order valence-electron chi connectivity index (χ4n) is 4.88. The highest BCUT2D eigenvalue weighted by molar-refractivity contribution is 5.82. The van der Waals surface area contributed by atoms with Crippen molar-refractivity contribution in [3.8, 4) is 0 Å². The zero-order valence-corrected chi connectivity index (χ0v) is 22.0. The summed E-state index contributed by atoms with van der Waals surface area (Å²) in [7, 11) is 2.02. The lowest BCUT2D eigenvalue weighted by Gasteiger charge is -2.31. The summed E-state index contributed by atoms with van der Waals surface area (Å²) in [5.41, 5.74) is 7.02. The van der Waals surface area contributed by atoms with Crippen LogP contribution in [0.4, 0.5) is 10.6 Å².